The molecule has 0 aromatic heterocycles. The van der Waals surface area contributed by atoms with Crippen LogP contribution in [0.25, 0.3) is 0 Å². The van der Waals surface area contributed by atoms with Crippen molar-refractivity contribution in [3.05, 3.63) is 118 Å². The Hall–Kier alpha value is -4.18. The molecule has 0 radical (unpaired) electrons. The number of carbonyl (C=O) groups excluding carboxylic acids is 2. The van der Waals surface area contributed by atoms with Gasteiger partial charge in [-0.15, -0.1) is 0 Å². The second-order valence-corrected chi connectivity index (χ2v) is 9.06. The van der Waals surface area contributed by atoms with Gasteiger partial charge in [0.05, 0.1) is 0 Å². The molecule has 36 heavy (non-hydrogen) atoms. The minimum atomic E-state index is 0.122. The predicted octanol–water partition coefficient (Wildman–Crippen LogP) is 8.50. The zero-order valence-corrected chi connectivity index (χ0v) is 21.9. The van der Waals surface area contributed by atoms with E-state index in [1.807, 2.05) is 113 Å². The van der Waals surface area contributed by atoms with Gasteiger partial charge in [-0.1, -0.05) is 36.4 Å². The molecule has 0 aliphatic rings. The molecule has 0 fully saturated rings. The van der Waals surface area contributed by atoms with Gasteiger partial charge in [-0.25, -0.2) is 0 Å². The van der Waals surface area contributed by atoms with E-state index < -0.39 is 0 Å². The smallest absolute Gasteiger partial charge is 0.160 e. The number of hydrogen-bond acceptors (Lipinski definition) is 4. The van der Waals surface area contributed by atoms with Crippen molar-refractivity contribution < 1.29 is 9.59 Å². The van der Waals surface area contributed by atoms with Gasteiger partial charge in [-0.3, -0.25) is 9.59 Å². The van der Waals surface area contributed by atoms with Crippen molar-refractivity contribution in [3.63, 3.8) is 0 Å². The first-order valence-corrected chi connectivity index (χ1v) is 12.0. The van der Waals surface area contributed by atoms with E-state index >= 15 is 0 Å². The van der Waals surface area contributed by atoms with Gasteiger partial charge in [0, 0.05) is 33.9 Å². The zero-order chi connectivity index (χ0) is 26.2. The molecule has 0 saturated heterocycles. The minimum absolute atomic E-state index is 0.122. The van der Waals surface area contributed by atoms with Crippen LogP contribution < -0.4 is 10.6 Å². The van der Waals surface area contributed by atoms with Gasteiger partial charge in [-0.05, 0) is 112 Å². The molecule has 184 valence electrons. The van der Waals surface area contributed by atoms with E-state index in [1.165, 1.54) is 0 Å². The summed E-state index contributed by atoms with van der Waals surface area (Å²) in [6, 6.07) is 28.1. The normalized spacial score (nSPS) is 10.2. The molecule has 0 aliphatic heterocycles. The summed E-state index contributed by atoms with van der Waals surface area (Å²) in [5.74, 6) is 0.243. The Morgan fingerprint density at radius 2 is 0.750 bits per heavy atom. The lowest BCUT2D eigenvalue weighted by Crippen LogP contribution is -2.01. The molecule has 4 rings (SSSR count). The number of para-hydroxylation sites is 2. The highest BCUT2D eigenvalue weighted by Gasteiger charge is 2.10. The Kier molecular flexibility index (Phi) is 8.80. The average molecular weight is 479 g/mol. The molecule has 0 amide bonds. The van der Waals surface area contributed by atoms with Gasteiger partial charge in [0.25, 0.3) is 0 Å². The van der Waals surface area contributed by atoms with Gasteiger partial charge in [0.15, 0.2) is 11.6 Å². The topological polar surface area (TPSA) is 58.2 Å². The number of hydrogen-bond donors (Lipinski definition) is 2. The fraction of sp³-hybridized carbons (Fsp3) is 0.188. The van der Waals surface area contributed by atoms with Crippen LogP contribution >= 0.6 is 0 Å². The van der Waals surface area contributed by atoms with E-state index in [0.29, 0.717) is 0 Å². The van der Waals surface area contributed by atoms with Crippen LogP contribution in [0.4, 0.5) is 22.7 Å². The highest BCUT2D eigenvalue weighted by atomic mass is 16.1. The Morgan fingerprint density at radius 1 is 0.472 bits per heavy atom. The maximum absolute atomic E-state index is 11.5. The van der Waals surface area contributed by atoms with Crippen LogP contribution in [0.3, 0.4) is 0 Å². The summed E-state index contributed by atoms with van der Waals surface area (Å²) in [5.41, 5.74) is 9.84. The Labute approximate surface area is 214 Å². The van der Waals surface area contributed by atoms with Crippen molar-refractivity contribution in [1.82, 2.24) is 0 Å². The molecule has 0 saturated carbocycles. The summed E-state index contributed by atoms with van der Waals surface area (Å²) in [4.78, 5) is 23.1. The summed E-state index contributed by atoms with van der Waals surface area (Å²) in [7, 11) is 0. The molecule has 4 heteroatoms. The highest BCUT2D eigenvalue weighted by molar-refractivity contribution is 5.98. The highest BCUT2D eigenvalue weighted by Crippen LogP contribution is 2.24. The maximum Gasteiger partial charge on any atom is 0.160 e. The Balaban J connectivity index is 0.000000201. The van der Waals surface area contributed by atoms with Crippen molar-refractivity contribution in [1.29, 1.82) is 0 Å². The number of anilines is 4. The molecular formula is C32H34N2O2. The van der Waals surface area contributed by atoms with Crippen LogP contribution in [0.15, 0.2) is 84.9 Å². The van der Waals surface area contributed by atoms with E-state index in [1.54, 1.807) is 13.8 Å². The molecule has 4 aromatic rings. The molecule has 0 spiro atoms. The number of carbonyl (C=O) groups is 2. The Bertz CT molecular complexity index is 1210. The summed E-state index contributed by atoms with van der Waals surface area (Å²) >= 11 is 0. The molecule has 0 bridgehead atoms. The number of Topliss-reactive ketones (excluding diaryl/α,β-unsaturated/α-hetero) is 2. The van der Waals surface area contributed by atoms with Crippen molar-refractivity contribution in [2.75, 3.05) is 10.6 Å². The van der Waals surface area contributed by atoms with Crippen LogP contribution in [-0.4, -0.2) is 11.6 Å². The van der Waals surface area contributed by atoms with E-state index in [0.717, 1.165) is 56.1 Å². The van der Waals surface area contributed by atoms with Gasteiger partial charge in [0.1, 0.15) is 0 Å². The minimum Gasteiger partial charge on any atom is -0.356 e. The molecule has 2 N–H and O–H groups in total. The molecule has 0 atom stereocenters. The third-order valence-electron chi connectivity index (χ3n) is 5.89. The summed E-state index contributed by atoms with van der Waals surface area (Å²) < 4.78 is 0. The van der Waals surface area contributed by atoms with Crippen LogP contribution in [-0.2, 0) is 0 Å². The quantitative estimate of drug-likeness (QED) is 0.273. The number of rotatable bonds is 6. The summed E-state index contributed by atoms with van der Waals surface area (Å²) in [6.45, 7) is 11.1. The second-order valence-electron chi connectivity index (χ2n) is 9.06. The fourth-order valence-electron chi connectivity index (χ4n) is 4.56. The molecule has 0 unspecified atom stereocenters. The molecule has 0 aliphatic carbocycles. The van der Waals surface area contributed by atoms with Gasteiger partial charge in [-0.2, -0.15) is 0 Å². The number of ketones is 2. The Morgan fingerprint density at radius 3 is 1.00 bits per heavy atom. The first-order valence-electron chi connectivity index (χ1n) is 12.0. The van der Waals surface area contributed by atoms with E-state index in [4.69, 9.17) is 0 Å². The summed E-state index contributed by atoms with van der Waals surface area (Å²) in [6.07, 6.45) is 0. The second kappa shape index (κ2) is 12.0. The monoisotopic (exact) mass is 478 g/mol. The van der Waals surface area contributed by atoms with Crippen LogP contribution in [0.5, 0.6) is 0 Å². The van der Waals surface area contributed by atoms with Gasteiger partial charge in [0.2, 0.25) is 0 Å². The van der Waals surface area contributed by atoms with E-state index in [9.17, 15) is 9.59 Å². The standard InChI is InChI=1S/2C16H17NO/c2*1-11-9-15(10-12(2)16(11)13(3)18)17-14-7-5-4-6-8-14/h2*4-10,17H,1-3H3. The van der Waals surface area contributed by atoms with Crippen molar-refractivity contribution in [2.24, 2.45) is 0 Å². The first-order chi connectivity index (χ1) is 17.2. The predicted molar refractivity (Wildman–Crippen MR) is 151 cm³/mol. The lowest BCUT2D eigenvalue weighted by molar-refractivity contribution is 0.100. The number of aryl methyl sites for hydroxylation is 4. The zero-order valence-electron chi connectivity index (χ0n) is 21.9. The van der Waals surface area contributed by atoms with Crippen molar-refractivity contribution in [2.45, 2.75) is 41.5 Å². The maximum atomic E-state index is 11.5. The van der Waals surface area contributed by atoms with E-state index in [-0.39, 0.29) is 11.6 Å². The van der Waals surface area contributed by atoms with Crippen LogP contribution in [0, 0.1) is 27.7 Å². The molecule has 0 heterocycles. The van der Waals surface area contributed by atoms with Gasteiger partial charge < -0.3 is 10.6 Å². The third-order valence-corrected chi connectivity index (χ3v) is 5.89. The largest absolute Gasteiger partial charge is 0.356 e. The molecule has 4 nitrogen and oxygen atoms in total. The summed E-state index contributed by atoms with van der Waals surface area (Å²) in [5, 5.41) is 6.68. The SMILES string of the molecule is CC(=O)c1c(C)cc(Nc2ccccc2)cc1C.CC(=O)c1c(C)cc(Nc2ccccc2)cc1C. The number of benzene rings is 4. The van der Waals surface area contributed by atoms with Crippen molar-refractivity contribution >= 4 is 34.3 Å². The molecule has 4 aromatic carbocycles. The lowest BCUT2D eigenvalue weighted by Gasteiger charge is -2.12. The fourth-order valence-corrected chi connectivity index (χ4v) is 4.56. The van der Waals surface area contributed by atoms with Crippen LogP contribution in [0.2, 0.25) is 0 Å². The van der Waals surface area contributed by atoms with Crippen molar-refractivity contribution in [3.8, 4) is 0 Å². The van der Waals surface area contributed by atoms with Gasteiger partial charge >= 0.3 is 0 Å². The third kappa shape index (κ3) is 6.92. The molecular weight excluding hydrogens is 444 g/mol. The van der Waals surface area contributed by atoms with Crippen LogP contribution in [0.1, 0.15) is 56.8 Å². The lowest BCUT2D eigenvalue weighted by atomic mass is 9.99. The number of nitrogens with one attached hydrogen (secondary N) is 2. The van der Waals surface area contributed by atoms with E-state index in [2.05, 4.69) is 10.6 Å². The average Bonchev–Trinajstić information content (AvgIpc) is 2.79. The first kappa shape index (κ1) is 26.4.